The molecule has 2 bridgehead atoms. The molecule has 2 amide bonds. The highest BCUT2D eigenvalue weighted by Crippen LogP contribution is 2.53. The second-order valence-electron chi connectivity index (χ2n) is 10.9. The van der Waals surface area contributed by atoms with Crippen LogP contribution in [-0.4, -0.2) is 71.3 Å². The monoisotopic (exact) mass is 479 g/mol. The van der Waals surface area contributed by atoms with Gasteiger partial charge in [0.2, 0.25) is 5.91 Å². The predicted molar refractivity (Wildman–Crippen MR) is 130 cm³/mol. The van der Waals surface area contributed by atoms with E-state index in [1.54, 1.807) is 0 Å². The fraction of sp³-hybridized carbons (Fsp3) is 0.630. The standard InChI is InChI=1S/C27H34FN5O2/c28-21-14-23(15-29)33(18-21)24(34)16-30-27-10-7-26(8-11-27,9-12-27)25(35)31-22-6-13-32(19-22)17-20-4-2-1-3-5-20/h1-5,21,23,30H,6-14,16-19H2/t21-,23?,26?,27?/m0/s1. The molecule has 1 aromatic carbocycles. The Balaban J connectivity index is 1.13. The Morgan fingerprint density at radius 2 is 1.86 bits per heavy atom. The van der Waals surface area contributed by atoms with Gasteiger partial charge >= 0.3 is 0 Å². The van der Waals surface area contributed by atoms with Crippen LogP contribution in [0.15, 0.2) is 35.3 Å². The number of amides is 2. The molecule has 1 N–H and O–H groups in total. The van der Waals surface area contributed by atoms with Crippen molar-refractivity contribution >= 4 is 17.5 Å². The van der Waals surface area contributed by atoms with Crippen LogP contribution < -0.4 is 5.32 Å². The first-order valence-corrected chi connectivity index (χ1v) is 12.9. The van der Waals surface area contributed by atoms with Crippen LogP contribution in [0.25, 0.3) is 0 Å². The third kappa shape index (κ3) is 5.03. The second kappa shape index (κ2) is 9.79. The number of carbonyl (C=O) groups is 2. The first-order valence-electron chi connectivity index (χ1n) is 12.9. The molecule has 0 spiro atoms. The highest BCUT2D eigenvalue weighted by molar-refractivity contribution is 6.00. The molecule has 8 heteroatoms. The molecule has 1 aromatic rings. The lowest BCUT2D eigenvalue weighted by molar-refractivity contribution is -0.136. The lowest BCUT2D eigenvalue weighted by Crippen LogP contribution is -2.58. The highest BCUT2D eigenvalue weighted by atomic mass is 19.1. The van der Waals surface area contributed by atoms with Gasteiger partial charge < -0.3 is 10.2 Å². The Labute approximate surface area is 206 Å². The van der Waals surface area contributed by atoms with Crippen molar-refractivity contribution in [2.45, 2.75) is 75.7 Å². The van der Waals surface area contributed by atoms with Gasteiger partial charge in [-0.05, 0) is 50.5 Å². The van der Waals surface area contributed by atoms with Crippen LogP contribution in [0, 0.1) is 16.7 Å². The van der Waals surface area contributed by atoms with E-state index in [1.165, 1.54) is 10.5 Å². The second-order valence-corrected chi connectivity index (χ2v) is 10.9. The van der Waals surface area contributed by atoms with Gasteiger partial charge in [0.25, 0.3) is 5.91 Å². The van der Waals surface area contributed by atoms with E-state index in [2.05, 4.69) is 39.5 Å². The molecular formula is C27H34FN5O2. The van der Waals surface area contributed by atoms with Crippen LogP contribution in [-0.2, 0) is 16.1 Å². The average Bonchev–Trinajstić information content (AvgIpc) is 3.50. The largest absolute Gasteiger partial charge is 0.323 e. The van der Waals surface area contributed by atoms with Gasteiger partial charge in [0.15, 0.2) is 0 Å². The summed E-state index contributed by atoms with van der Waals surface area (Å²) in [5, 5.41) is 12.7. The van der Waals surface area contributed by atoms with Gasteiger partial charge in [-0.2, -0.15) is 5.26 Å². The first-order chi connectivity index (χ1) is 16.9. The minimum atomic E-state index is -1.12. The topological polar surface area (TPSA) is 88.8 Å². The summed E-state index contributed by atoms with van der Waals surface area (Å²) in [6, 6.07) is 11.7. The fourth-order valence-corrected chi connectivity index (χ4v) is 6.35. The van der Waals surface area contributed by atoms with Crippen molar-refractivity contribution in [2.75, 3.05) is 26.2 Å². The Morgan fingerprint density at radius 1 is 1.14 bits per heavy atom. The first kappa shape index (κ1) is 24.1. The normalized spacial score (nSPS) is 33.8. The van der Waals surface area contributed by atoms with Crippen molar-refractivity contribution in [3.63, 3.8) is 0 Å². The number of alkyl halides is 1. The minimum Gasteiger partial charge on any atom is -0.323 e. The van der Waals surface area contributed by atoms with Gasteiger partial charge in [0, 0.05) is 37.3 Å². The van der Waals surface area contributed by atoms with Crippen molar-refractivity contribution in [1.29, 1.82) is 5.26 Å². The third-order valence-electron chi connectivity index (χ3n) is 8.67. The number of halogens is 1. The van der Waals surface area contributed by atoms with Crippen molar-refractivity contribution in [1.82, 2.24) is 15.1 Å². The molecule has 5 fully saturated rings. The van der Waals surface area contributed by atoms with Gasteiger partial charge in [0.1, 0.15) is 12.2 Å². The SMILES string of the molecule is N#CC1C[C@H](F)CN1C(=O)CNC12CCC(C(=O)N=C3CCN(Cc4ccccc4)C3)(CC1)CC2. The van der Waals surface area contributed by atoms with Crippen molar-refractivity contribution in [3.05, 3.63) is 35.9 Å². The number of fused-ring (bicyclic) bond motifs is 3. The highest BCUT2D eigenvalue weighted by Gasteiger charge is 2.52. The van der Waals surface area contributed by atoms with Crippen LogP contribution in [0.4, 0.5) is 4.39 Å². The summed E-state index contributed by atoms with van der Waals surface area (Å²) in [5.74, 6) is -0.168. The Morgan fingerprint density at radius 3 is 2.54 bits per heavy atom. The smallest absolute Gasteiger partial charge is 0.251 e. The molecule has 6 rings (SSSR count). The van der Waals surface area contributed by atoms with E-state index in [4.69, 9.17) is 0 Å². The van der Waals surface area contributed by atoms with E-state index < -0.39 is 12.2 Å². The zero-order chi connectivity index (χ0) is 24.5. The zero-order valence-corrected chi connectivity index (χ0v) is 20.2. The van der Waals surface area contributed by atoms with Gasteiger partial charge in [0.05, 0.1) is 24.6 Å². The Kier molecular flexibility index (Phi) is 6.73. The molecule has 0 radical (unpaired) electrons. The molecule has 2 atom stereocenters. The van der Waals surface area contributed by atoms with E-state index in [0.717, 1.165) is 70.3 Å². The number of rotatable bonds is 6. The molecule has 186 valence electrons. The van der Waals surface area contributed by atoms with Gasteiger partial charge in [-0.15, -0.1) is 0 Å². The van der Waals surface area contributed by atoms with Crippen molar-refractivity contribution in [2.24, 2.45) is 10.4 Å². The summed E-state index contributed by atoms with van der Waals surface area (Å²) in [5.41, 5.74) is 1.75. The number of nitrogens with one attached hydrogen (secondary N) is 1. The number of hydrogen-bond acceptors (Lipinski definition) is 5. The maximum absolute atomic E-state index is 13.7. The van der Waals surface area contributed by atoms with Crippen molar-refractivity contribution < 1.29 is 14.0 Å². The summed E-state index contributed by atoms with van der Waals surface area (Å²) >= 11 is 0. The maximum atomic E-state index is 13.7. The number of carbonyl (C=O) groups excluding carboxylic acids is 2. The van der Waals surface area contributed by atoms with E-state index in [1.807, 2.05) is 12.1 Å². The van der Waals surface area contributed by atoms with Crippen LogP contribution in [0.1, 0.15) is 56.9 Å². The third-order valence-corrected chi connectivity index (χ3v) is 8.67. The quantitative estimate of drug-likeness (QED) is 0.678. The number of nitriles is 1. The van der Waals surface area contributed by atoms with Crippen LogP contribution >= 0.6 is 0 Å². The van der Waals surface area contributed by atoms with Gasteiger partial charge in [-0.3, -0.25) is 14.5 Å². The number of aliphatic imine (C=N–C) groups is 1. The molecule has 7 nitrogen and oxygen atoms in total. The van der Waals surface area contributed by atoms with E-state index in [9.17, 15) is 19.2 Å². The van der Waals surface area contributed by atoms with E-state index in [0.29, 0.717) is 0 Å². The fourth-order valence-electron chi connectivity index (χ4n) is 6.35. The Hall–Kier alpha value is -2.63. The van der Waals surface area contributed by atoms with Gasteiger partial charge in [-0.25, -0.2) is 9.38 Å². The molecule has 2 aliphatic heterocycles. The molecular weight excluding hydrogens is 445 g/mol. The molecule has 3 aliphatic carbocycles. The maximum Gasteiger partial charge on any atom is 0.251 e. The van der Waals surface area contributed by atoms with Crippen molar-refractivity contribution in [3.8, 4) is 6.07 Å². The summed E-state index contributed by atoms with van der Waals surface area (Å²) in [6.45, 7) is 2.69. The number of likely N-dealkylation sites (tertiary alicyclic amines) is 2. The zero-order valence-electron chi connectivity index (χ0n) is 20.2. The number of benzene rings is 1. The molecule has 3 saturated carbocycles. The Bertz CT molecular complexity index is 1010. The summed E-state index contributed by atoms with van der Waals surface area (Å²) in [6.07, 6.45) is 4.70. The minimum absolute atomic E-state index is 0.00642. The molecule has 1 unspecified atom stereocenters. The van der Waals surface area contributed by atoms with Crippen LogP contribution in [0.2, 0.25) is 0 Å². The molecule has 5 aliphatic rings. The molecule has 0 aromatic heterocycles. The average molecular weight is 480 g/mol. The summed E-state index contributed by atoms with van der Waals surface area (Å²) in [4.78, 5) is 34.3. The molecule has 2 heterocycles. The summed E-state index contributed by atoms with van der Waals surface area (Å²) in [7, 11) is 0. The van der Waals surface area contributed by atoms with E-state index >= 15 is 0 Å². The summed E-state index contributed by atoms with van der Waals surface area (Å²) < 4.78 is 13.7. The lowest BCUT2D eigenvalue weighted by Gasteiger charge is -2.52. The number of hydrogen-bond donors (Lipinski definition) is 1. The molecule has 2 saturated heterocycles. The van der Waals surface area contributed by atoms with E-state index in [-0.39, 0.29) is 42.3 Å². The lowest BCUT2D eigenvalue weighted by atomic mass is 9.57. The van der Waals surface area contributed by atoms with Gasteiger partial charge in [-0.1, -0.05) is 30.3 Å². The molecule has 35 heavy (non-hydrogen) atoms. The number of nitrogens with zero attached hydrogens (tertiary/aromatic N) is 4. The van der Waals surface area contributed by atoms with Crippen LogP contribution in [0.3, 0.4) is 0 Å². The predicted octanol–water partition coefficient (Wildman–Crippen LogP) is 3.01. The van der Waals surface area contributed by atoms with Crippen LogP contribution in [0.5, 0.6) is 0 Å².